The Hall–Kier alpha value is -1.14. The zero-order valence-corrected chi connectivity index (χ0v) is 20.2. The average Bonchev–Trinajstić information content (AvgIpc) is 2.72. The molecule has 0 aliphatic carbocycles. The highest BCUT2D eigenvalue weighted by Crippen LogP contribution is 2.35. The van der Waals surface area contributed by atoms with Crippen molar-refractivity contribution >= 4 is 35.5 Å². The first-order valence-electron chi connectivity index (χ1n) is 11.4. The molecule has 1 aromatic rings. The molecule has 0 radical (unpaired) electrons. The molecule has 0 aromatic heterocycles. The van der Waals surface area contributed by atoms with Crippen LogP contribution in [0.2, 0.25) is 0 Å². The molecule has 0 saturated heterocycles. The number of carboxylic acid groups (broad SMARTS) is 2. The summed E-state index contributed by atoms with van der Waals surface area (Å²) >= 11 is 3.32. The van der Waals surface area contributed by atoms with Gasteiger partial charge in [0, 0.05) is 9.79 Å². The van der Waals surface area contributed by atoms with E-state index in [0.717, 1.165) is 34.1 Å². The van der Waals surface area contributed by atoms with Crippen molar-refractivity contribution < 1.29 is 19.8 Å². The SMILES string of the molecule is CCCCCCCCSc1cc(C(=O)O)c(C(=O)O)cc1SCCCCCCCC. The van der Waals surface area contributed by atoms with Crippen LogP contribution in [0.15, 0.2) is 21.9 Å². The third-order valence-corrected chi connectivity index (χ3v) is 7.47. The van der Waals surface area contributed by atoms with Crippen molar-refractivity contribution in [2.24, 2.45) is 0 Å². The molecular weight excluding hydrogens is 416 g/mol. The highest BCUT2D eigenvalue weighted by atomic mass is 32.2. The van der Waals surface area contributed by atoms with E-state index in [1.807, 2.05) is 0 Å². The molecule has 1 rings (SSSR count). The molecule has 30 heavy (non-hydrogen) atoms. The number of benzene rings is 1. The van der Waals surface area contributed by atoms with Crippen LogP contribution in [0.25, 0.3) is 0 Å². The lowest BCUT2D eigenvalue weighted by Crippen LogP contribution is -2.09. The summed E-state index contributed by atoms with van der Waals surface area (Å²) in [6.07, 6.45) is 14.6. The maximum absolute atomic E-state index is 11.6. The Morgan fingerprint density at radius 3 is 1.30 bits per heavy atom. The van der Waals surface area contributed by atoms with Crippen molar-refractivity contribution in [1.29, 1.82) is 0 Å². The minimum absolute atomic E-state index is 0.114. The topological polar surface area (TPSA) is 74.6 Å². The number of rotatable bonds is 18. The summed E-state index contributed by atoms with van der Waals surface area (Å²) in [5.41, 5.74) is -0.228. The maximum Gasteiger partial charge on any atom is 0.336 e. The second-order valence-corrected chi connectivity index (χ2v) is 9.96. The fourth-order valence-electron chi connectivity index (χ4n) is 3.27. The molecule has 4 nitrogen and oxygen atoms in total. The van der Waals surface area contributed by atoms with Crippen LogP contribution in [0, 0.1) is 0 Å². The lowest BCUT2D eigenvalue weighted by molar-refractivity contribution is 0.0651. The predicted octanol–water partition coefficient (Wildman–Crippen LogP) is 7.99. The van der Waals surface area contributed by atoms with E-state index in [0.29, 0.717) is 0 Å². The van der Waals surface area contributed by atoms with Crippen LogP contribution in [-0.2, 0) is 0 Å². The van der Waals surface area contributed by atoms with Gasteiger partial charge < -0.3 is 10.2 Å². The van der Waals surface area contributed by atoms with E-state index in [2.05, 4.69) is 13.8 Å². The fourth-order valence-corrected chi connectivity index (χ4v) is 5.56. The van der Waals surface area contributed by atoms with E-state index in [-0.39, 0.29) is 11.1 Å². The molecule has 0 fully saturated rings. The predicted molar refractivity (Wildman–Crippen MR) is 129 cm³/mol. The Bertz CT molecular complexity index is 591. The number of unbranched alkanes of at least 4 members (excludes halogenated alkanes) is 10. The van der Waals surface area contributed by atoms with Gasteiger partial charge in [0.2, 0.25) is 0 Å². The van der Waals surface area contributed by atoms with Gasteiger partial charge in [0.15, 0.2) is 0 Å². The summed E-state index contributed by atoms with van der Waals surface area (Å²) in [4.78, 5) is 25.0. The molecule has 0 heterocycles. The molecule has 1 aromatic carbocycles. The van der Waals surface area contributed by atoms with Crippen LogP contribution >= 0.6 is 23.5 Å². The molecule has 6 heteroatoms. The van der Waals surface area contributed by atoms with Gasteiger partial charge in [-0.1, -0.05) is 78.1 Å². The molecule has 0 aliphatic heterocycles. The summed E-state index contributed by atoms with van der Waals surface area (Å²) < 4.78 is 0. The number of hydrogen-bond acceptors (Lipinski definition) is 4. The van der Waals surface area contributed by atoms with E-state index >= 15 is 0 Å². The minimum atomic E-state index is -1.18. The second kappa shape index (κ2) is 16.5. The van der Waals surface area contributed by atoms with Crippen LogP contribution in [0.3, 0.4) is 0 Å². The Labute approximate surface area is 190 Å². The Morgan fingerprint density at radius 1 is 0.633 bits per heavy atom. The highest BCUT2D eigenvalue weighted by Gasteiger charge is 2.20. The van der Waals surface area contributed by atoms with Crippen molar-refractivity contribution in [3.63, 3.8) is 0 Å². The molecule has 0 saturated carbocycles. The number of thioether (sulfide) groups is 2. The molecule has 0 atom stereocenters. The second-order valence-electron chi connectivity index (χ2n) is 7.69. The van der Waals surface area contributed by atoms with Crippen LogP contribution in [-0.4, -0.2) is 33.7 Å². The van der Waals surface area contributed by atoms with Gasteiger partial charge in [-0.05, 0) is 36.5 Å². The summed E-state index contributed by atoms with van der Waals surface area (Å²) in [5.74, 6) is -0.493. The quantitative estimate of drug-likeness (QED) is 0.173. The third-order valence-electron chi connectivity index (χ3n) is 5.06. The van der Waals surface area contributed by atoms with Crippen molar-refractivity contribution in [3.05, 3.63) is 23.3 Å². The van der Waals surface area contributed by atoms with Crippen molar-refractivity contribution in [2.45, 2.75) is 101 Å². The van der Waals surface area contributed by atoms with Crippen molar-refractivity contribution in [2.75, 3.05) is 11.5 Å². The van der Waals surface area contributed by atoms with E-state index < -0.39 is 11.9 Å². The minimum Gasteiger partial charge on any atom is -0.478 e. The van der Waals surface area contributed by atoms with E-state index in [4.69, 9.17) is 0 Å². The smallest absolute Gasteiger partial charge is 0.336 e. The monoisotopic (exact) mass is 454 g/mol. The first-order chi connectivity index (χ1) is 14.5. The van der Waals surface area contributed by atoms with Gasteiger partial charge in [0.05, 0.1) is 11.1 Å². The molecule has 0 unspecified atom stereocenters. The van der Waals surface area contributed by atoms with Gasteiger partial charge in [-0.25, -0.2) is 9.59 Å². The molecule has 0 aliphatic rings. The van der Waals surface area contributed by atoms with Crippen LogP contribution in [0.5, 0.6) is 0 Å². The standard InChI is InChI=1S/C24H38O4S2/c1-3-5-7-9-11-13-15-29-21-17-19(23(25)26)20(24(27)28)18-22(21)30-16-14-12-10-8-6-4-2/h17-18H,3-16H2,1-2H3,(H,25,26)(H,27,28). The molecular formula is C24H38O4S2. The highest BCUT2D eigenvalue weighted by molar-refractivity contribution is 8.02. The normalized spacial score (nSPS) is 11.0. The number of carbonyl (C=O) groups is 2. The number of carboxylic acids is 2. The Morgan fingerprint density at radius 2 is 0.967 bits per heavy atom. The molecule has 2 N–H and O–H groups in total. The summed E-state index contributed by atoms with van der Waals surface area (Å²) in [6.45, 7) is 4.42. The van der Waals surface area contributed by atoms with Gasteiger partial charge in [-0.3, -0.25) is 0 Å². The third kappa shape index (κ3) is 10.8. The average molecular weight is 455 g/mol. The van der Waals surface area contributed by atoms with Crippen molar-refractivity contribution in [1.82, 2.24) is 0 Å². The van der Waals surface area contributed by atoms with Gasteiger partial charge >= 0.3 is 11.9 Å². The number of hydrogen-bond donors (Lipinski definition) is 2. The first kappa shape index (κ1) is 26.9. The van der Waals surface area contributed by atoms with Crippen LogP contribution < -0.4 is 0 Å². The summed E-state index contributed by atoms with van der Waals surface area (Å²) in [6, 6.07) is 3.13. The fraction of sp³-hybridized carbons (Fsp3) is 0.667. The lowest BCUT2D eigenvalue weighted by Gasteiger charge is -2.13. The molecule has 0 spiro atoms. The summed E-state index contributed by atoms with van der Waals surface area (Å²) in [7, 11) is 0. The van der Waals surface area contributed by atoms with E-state index in [1.54, 1.807) is 35.7 Å². The zero-order chi connectivity index (χ0) is 22.2. The largest absolute Gasteiger partial charge is 0.478 e. The Kier molecular flexibility index (Phi) is 14.8. The van der Waals surface area contributed by atoms with Gasteiger partial charge in [-0.15, -0.1) is 23.5 Å². The molecule has 0 bridgehead atoms. The summed E-state index contributed by atoms with van der Waals surface area (Å²) in [5, 5.41) is 18.9. The molecule has 0 amide bonds. The van der Waals surface area contributed by atoms with Crippen LogP contribution in [0.4, 0.5) is 0 Å². The van der Waals surface area contributed by atoms with Gasteiger partial charge in [0.25, 0.3) is 0 Å². The van der Waals surface area contributed by atoms with Gasteiger partial charge in [0.1, 0.15) is 0 Å². The lowest BCUT2D eigenvalue weighted by atomic mass is 10.1. The van der Waals surface area contributed by atoms with E-state index in [9.17, 15) is 19.8 Å². The zero-order valence-electron chi connectivity index (χ0n) is 18.6. The van der Waals surface area contributed by atoms with Crippen LogP contribution in [0.1, 0.15) is 112 Å². The maximum atomic E-state index is 11.6. The van der Waals surface area contributed by atoms with E-state index in [1.165, 1.54) is 64.2 Å². The molecule has 170 valence electrons. The first-order valence-corrected chi connectivity index (χ1v) is 13.4. The Balaban J connectivity index is 2.72. The van der Waals surface area contributed by atoms with Crippen molar-refractivity contribution in [3.8, 4) is 0 Å². The van der Waals surface area contributed by atoms with Gasteiger partial charge in [-0.2, -0.15) is 0 Å². The number of aromatic carboxylic acids is 2.